The van der Waals surface area contributed by atoms with Crippen LogP contribution in [0.25, 0.3) is 0 Å². The van der Waals surface area contributed by atoms with E-state index in [1.807, 2.05) is 0 Å². The number of hydrogen-bond donors (Lipinski definition) is 2. The molecule has 0 radical (unpaired) electrons. The zero-order chi connectivity index (χ0) is 22.8. The molecule has 0 aliphatic carbocycles. The van der Waals surface area contributed by atoms with Gasteiger partial charge < -0.3 is 11.1 Å². The Hall–Kier alpha value is -2.46. The highest BCUT2D eigenvalue weighted by atomic mass is 32.2. The Kier molecular flexibility index (Phi) is 6.70. The number of halogens is 4. The minimum absolute atomic E-state index is 0.00491. The van der Waals surface area contributed by atoms with E-state index < -0.39 is 50.6 Å². The lowest BCUT2D eigenvalue weighted by molar-refractivity contribution is -0.123. The molecule has 0 unspecified atom stereocenters. The number of carbonyl (C=O) groups excluding carboxylic acids is 1. The lowest BCUT2D eigenvalue weighted by Gasteiger charge is -2.39. The van der Waals surface area contributed by atoms with E-state index in [4.69, 9.17) is 5.73 Å². The summed E-state index contributed by atoms with van der Waals surface area (Å²) in [6, 6.07) is 5.97. The van der Waals surface area contributed by atoms with Crippen molar-refractivity contribution in [1.82, 2.24) is 5.32 Å². The Bertz CT molecular complexity index is 1080. The molecule has 1 aliphatic rings. The number of benzene rings is 2. The minimum Gasteiger partial charge on any atom is -0.346 e. The fraction of sp³-hybridized carbons (Fsp3) is 0.381. The summed E-state index contributed by atoms with van der Waals surface area (Å²) in [4.78, 5) is 12.7. The Balaban J connectivity index is 1.75. The van der Waals surface area contributed by atoms with E-state index >= 15 is 0 Å². The molecule has 168 valence electrons. The van der Waals surface area contributed by atoms with Gasteiger partial charge in [0.1, 0.15) is 11.6 Å². The summed E-state index contributed by atoms with van der Waals surface area (Å²) in [6.45, 7) is 0. The molecule has 1 fully saturated rings. The first-order valence-corrected chi connectivity index (χ1v) is 11.5. The predicted molar refractivity (Wildman–Crippen MR) is 107 cm³/mol. The Morgan fingerprint density at radius 3 is 2.26 bits per heavy atom. The molecule has 0 aromatic heterocycles. The number of hydrogen-bond acceptors (Lipinski definition) is 4. The first-order valence-electron chi connectivity index (χ1n) is 9.67. The van der Waals surface area contributed by atoms with E-state index in [2.05, 4.69) is 5.32 Å². The lowest BCUT2D eigenvalue weighted by atomic mass is 9.83. The largest absolute Gasteiger partial charge is 0.346 e. The summed E-state index contributed by atoms with van der Waals surface area (Å²) >= 11 is 0. The summed E-state index contributed by atoms with van der Waals surface area (Å²) in [6.07, 6.45) is -0.539. The van der Waals surface area contributed by atoms with E-state index in [0.717, 1.165) is 0 Å². The zero-order valence-electron chi connectivity index (χ0n) is 16.5. The van der Waals surface area contributed by atoms with Crippen LogP contribution >= 0.6 is 0 Å². The van der Waals surface area contributed by atoms with Crippen LogP contribution in [0.15, 0.2) is 36.4 Å². The maximum absolute atomic E-state index is 14.5. The normalized spacial score (nSPS) is 18.4. The third-order valence-electron chi connectivity index (χ3n) is 5.47. The second-order valence-corrected chi connectivity index (χ2v) is 10.1. The maximum Gasteiger partial charge on any atom is 0.222 e. The van der Waals surface area contributed by atoms with Crippen molar-refractivity contribution in [3.8, 4) is 0 Å². The molecule has 1 atom stereocenters. The van der Waals surface area contributed by atoms with Gasteiger partial charge >= 0.3 is 0 Å². The van der Waals surface area contributed by atoms with Crippen LogP contribution in [0, 0.1) is 23.3 Å². The van der Waals surface area contributed by atoms with Gasteiger partial charge in [0, 0.05) is 24.1 Å². The fourth-order valence-electron chi connectivity index (χ4n) is 3.83. The van der Waals surface area contributed by atoms with Crippen LogP contribution in [0.3, 0.4) is 0 Å². The first kappa shape index (κ1) is 23.2. The van der Waals surface area contributed by atoms with Crippen molar-refractivity contribution in [2.24, 2.45) is 5.73 Å². The molecule has 1 heterocycles. The SMILES string of the molecule is N[C@@H](CC(=O)NC1(c2ccccc2F)CCS(=O)(=O)CC1)Cc1cc(F)c(F)cc1F. The molecule has 0 saturated carbocycles. The minimum atomic E-state index is -3.29. The third kappa shape index (κ3) is 5.43. The molecule has 3 N–H and O–H groups in total. The highest BCUT2D eigenvalue weighted by molar-refractivity contribution is 7.91. The molecular formula is C21H22F4N2O3S. The zero-order valence-corrected chi connectivity index (χ0v) is 17.3. The molecule has 0 spiro atoms. The Labute approximate surface area is 177 Å². The van der Waals surface area contributed by atoms with Crippen molar-refractivity contribution >= 4 is 15.7 Å². The van der Waals surface area contributed by atoms with Gasteiger partial charge in [0.2, 0.25) is 5.91 Å². The number of carbonyl (C=O) groups is 1. The molecular weight excluding hydrogens is 436 g/mol. The van der Waals surface area contributed by atoms with Gasteiger partial charge in [-0.3, -0.25) is 4.79 Å². The van der Waals surface area contributed by atoms with Crippen molar-refractivity contribution in [3.05, 3.63) is 70.8 Å². The van der Waals surface area contributed by atoms with Gasteiger partial charge in [-0.05, 0) is 37.0 Å². The van der Waals surface area contributed by atoms with Crippen LogP contribution in [-0.2, 0) is 26.6 Å². The molecule has 1 amide bonds. The predicted octanol–water partition coefficient (Wildman–Crippen LogP) is 2.72. The topological polar surface area (TPSA) is 89.3 Å². The van der Waals surface area contributed by atoms with E-state index in [1.54, 1.807) is 6.07 Å². The average Bonchev–Trinajstić information content (AvgIpc) is 2.68. The van der Waals surface area contributed by atoms with E-state index in [9.17, 15) is 30.8 Å². The molecule has 1 aliphatic heterocycles. The van der Waals surface area contributed by atoms with Crippen LogP contribution in [0.2, 0.25) is 0 Å². The van der Waals surface area contributed by atoms with Gasteiger partial charge in [0.25, 0.3) is 0 Å². The number of sulfone groups is 1. The van der Waals surface area contributed by atoms with E-state index in [1.165, 1.54) is 18.2 Å². The monoisotopic (exact) mass is 458 g/mol. The van der Waals surface area contributed by atoms with E-state index in [0.29, 0.717) is 12.1 Å². The van der Waals surface area contributed by atoms with Crippen molar-refractivity contribution in [2.45, 2.75) is 37.3 Å². The first-order chi connectivity index (χ1) is 14.5. The summed E-state index contributed by atoms with van der Waals surface area (Å²) in [5.74, 6) is -5.12. The molecule has 1 saturated heterocycles. The third-order valence-corrected chi connectivity index (χ3v) is 7.12. The van der Waals surface area contributed by atoms with Crippen molar-refractivity contribution in [3.63, 3.8) is 0 Å². The molecule has 2 aromatic carbocycles. The Morgan fingerprint density at radius 2 is 1.61 bits per heavy atom. The molecule has 31 heavy (non-hydrogen) atoms. The number of nitrogens with one attached hydrogen (secondary N) is 1. The highest BCUT2D eigenvalue weighted by Gasteiger charge is 2.41. The quantitative estimate of drug-likeness (QED) is 0.515. The van der Waals surface area contributed by atoms with Crippen LogP contribution in [0.4, 0.5) is 17.6 Å². The molecule has 10 heteroatoms. The summed E-state index contributed by atoms with van der Waals surface area (Å²) in [7, 11) is -3.29. The molecule has 5 nitrogen and oxygen atoms in total. The van der Waals surface area contributed by atoms with Crippen LogP contribution in [-0.4, -0.2) is 31.9 Å². The van der Waals surface area contributed by atoms with Crippen molar-refractivity contribution < 1.29 is 30.8 Å². The second-order valence-electron chi connectivity index (χ2n) is 7.79. The van der Waals surface area contributed by atoms with Gasteiger partial charge in [-0.1, -0.05) is 18.2 Å². The van der Waals surface area contributed by atoms with Crippen LogP contribution in [0.5, 0.6) is 0 Å². The number of amides is 1. The van der Waals surface area contributed by atoms with E-state index in [-0.39, 0.29) is 48.3 Å². The molecule has 3 rings (SSSR count). The summed E-state index contributed by atoms with van der Waals surface area (Å²) in [5.41, 5.74) is 4.69. The molecule has 0 bridgehead atoms. The van der Waals surface area contributed by atoms with Gasteiger partial charge in [-0.2, -0.15) is 0 Å². The summed E-state index contributed by atoms with van der Waals surface area (Å²) < 4.78 is 78.6. The standard InChI is InChI=1S/C21H22F4N2O3S/c22-16-4-2-1-3-15(16)21(5-7-31(29,30)8-6-21)27-20(28)11-14(26)9-13-10-18(24)19(25)12-17(13)23/h1-4,10,12,14H,5-9,11,26H2,(H,27,28)/t14-/m1/s1. The van der Waals surface area contributed by atoms with Crippen molar-refractivity contribution in [1.29, 1.82) is 0 Å². The van der Waals surface area contributed by atoms with Gasteiger partial charge in [0.05, 0.1) is 17.0 Å². The second kappa shape index (κ2) is 8.96. The highest BCUT2D eigenvalue weighted by Crippen LogP contribution is 2.35. The maximum atomic E-state index is 14.5. The van der Waals surface area contributed by atoms with Gasteiger partial charge in [0.15, 0.2) is 21.5 Å². The van der Waals surface area contributed by atoms with Crippen LogP contribution < -0.4 is 11.1 Å². The number of nitrogens with two attached hydrogens (primary N) is 1. The summed E-state index contributed by atoms with van der Waals surface area (Å²) in [5, 5.41) is 2.73. The van der Waals surface area contributed by atoms with Crippen molar-refractivity contribution in [2.75, 3.05) is 11.5 Å². The Morgan fingerprint density at radius 1 is 1.00 bits per heavy atom. The van der Waals surface area contributed by atoms with Gasteiger partial charge in [-0.25, -0.2) is 26.0 Å². The lowest BCUT2D eigenvalue weighted by Crippen LogP contribution is -2.52. The number of rotatable bonds is 6. The molecule has 2 aromatic rings. The average molecular weight is 458 g/mol. The van der Waals surface area contributed by atoms with Gasteiger partial charge in [-0.15, -0.1) is 0 Å². The van der Waals surface area contributed by atoms with Crippen LogP contribution in [0.1, 0.15) is 30.4 Å². The smallest absolute Gasteiger partial charge is 0.222 e. The fourth-order valence-corrected chi connectivity index (χ4v) is 5.35.